The smallest absolute Gasteiger partial charge is 0.292 e. The minimum absolute atomic E-state index is 0.0916. The highest BCUT2D eigenvalue weighted by molar-refractivity contribution is 5.74. The lowest BCUT2D eigenvalue weighted by Gasteiger charge is -2.38. The van der Waals surface area contributed by atoms with Crippen LogP contribution in [0.1, 0.15) is 46.2 Å². The first-order valence-electron chi connectivity index (χ1n) is 8.75. The molecule has 1 unspecified atom stereocenters. The first-order chi connectivity index (χ1) is 12.0. The molecule has 2 aromatic rings. The van der Waals surface area contributed by atoms with E-state index in [4.69, 9.17) is 0 Å². The zero-order valence-electron chi connectivity index (χ0n) is 14.7. The largest absolute Gasteiger partial charge is 0.372 e. The summed E-state index contributed by atoms with van der Waals surface area (Å²) in [5.41, 5.74) is 6.56. The monoisotopic (exact) mass is 334 g/mol. The summed E-state index contributed by atoms with van der Waals surface area (Å²) < 4.78 is 0. The third-order valence-electron chi connectivity index (χ3n) is 5.78. The molecule has 0 amide bonds. The van der Waals surface area contributed by atoms with Crippen LogP contribution in [0.15, 0.2) is 42.5 Å². The zero-order chi connectivity index (χ0) is 17.7. The number of nitro groups is 1. The fourth-order valence-corrected chi connectivity index (χ4v) is 4.33. The predicted octanol–water partition coefficient (Wildman–Crippen LogP) is 5.35. The summed E-state index contributed by atoms with van der Waals surface area (Å²) in [4.78, 5) is 11.4. The van der Waals surface area contributed by atoms with Crippen LogP contribution >= 0.6 is 0 Å². The van der Waals surface area contributed by atoms with E-state index in [0.29, 0.717) is 11.6 Å². The predicted molar refractivity (Wildman–Crippen MR) is 100 cm³/mol. The maximum absolute atomic E-state index is 11.7. The third kappa shape index (κ3) is 2.44. The van der Waals surface area contributed by atoms with Crippen LogP contribution in [-0.2, 0) is 0 Å². The number of allylic oxidation sites excluding steroid dienone is 2. The molecule has 25 heavy (non-hydrogen) atoms. The molecule has 0 saturated carbocycles. The number of rotatable bonds is 2. The van der Waals surface area contributed by atoms with Crippen LogP contribution in [0.3, 0.4) is 0 Å². The number of nitrogens with zero attached hydrogens (tertiary/aromatic N) is 1. The molecule has 0 fully saturated rings. The minimum atomic E-state index is -0.260. The third-order valence-corrected chi connectivity index (χ3v) is 5.78. The van der Waals surface area contributed by atoms with Crippen LogP contribution in [0.25, 0.3) is 0 Å². The van der Waals surface area contributed by atoms with Crippen LogP contribution in [0.4, 0.5) is 11.4 Å². The second-order valence-electron chi connectivity index (χ2n) is 7.27. The van der Waals surface area contributed by atoms with Crippen molar-refractivity contribution in [3.63, 3.8) is 0 Å². The number of anilines is 1. The summed E-state index contributed by atoms with van der Waals surface area (Å²) in [6.07, 6.45) is 5.46. The van der Waals surface area contributed by atoms with Gasteiger partial charge in [-0.05, 0) is 55.4 Å². The van der Waals surface area contributed by atoms with Gasteiger partial charge in [-0.15, -0.1) is 0 Å². The molecule has 2 aliphatic rings. The Kier molecular flexibility index (Phi) is 3.64. The molecule has 4 heteroatoms. The van der Waals surface area contributed by atoms with E-state index in [1.54, 1.807) is 6.07 Å². The Morgan fingerprint density at radius 2 is 1.88 bits per heavy atom. The van der Waals surface area contributed by atoms with Crippen molar-refractivity contribution >= 4 is 11.4 Å². The van der Waals surface area contributed by atoms with Crippen LogP contribution in [0, 0.1) is 36.8 Å². The van der Waals surface area contributed by atoms with Gasteiger partial charge in [-0.1, -0.05) is 42.0 Å². The fourth-order valence-electron chi connectivity index (χ4n) is 4.33. The lowest BCUT2D eigenvalue weighted by molar-refractivity contribution is -0.384. The van der Waals surface area contributed by atoms with Gasteiger partial charge < -0.3 is 5.32 Å². The quantitative estimate of drug-likeness (QED) is 0.458. The molecule has 0 bridgehead atoms. The van der Waals surface area contributed by atoms with Crippen molar-refractivity contribution in [2.45, 2.75) is 39.2 Å². The van der Waals surface area contributed by atoms with E-state index in [1.165, 1.54) is 11.1 Å². The second kappa shape index (κ2) is 5.73. The molecule has 0 aromatic heterocycles. The second-order valence-corrected chi connectivity index (χ2v) is 7.27. The maximum Gasteiger partial charge on any atom is 0.292 e. The molecular weight excluding hydrogens is 312 g/mol. The Balaban J connectivity index is 1.90. The minimum Gasteiger partial charge on any atom is -0.372 e. The van der Waals surface area contributed by atoms with E-state index in [9.17, 15) is 10.1 Å². The van der Waals surface area contributed by atoms with Gasteiger partial charge in [0.05, 0.1) is 11.0 Å². The number of hydrogen-bond donors (Lipinski definition) is 1. The maximum atomic E-state index is 11.7. The number of hydrogen-bond acceptors (Lipinski definition) is 3. The lowest BCUT2D eigenvalue weighted by Crippen LogP contribution is -2.30. The van der Waals surface area contributed by atoms with Gasteiger partial charge in [-0.2, -0.15) is 0 Å². The molecule has 128 valence electrons. The van der Waals surface area contributed by atoms with E-state index in [-0.39, 0.29) is 22.6 Å². The lowest BCUT2D eigenvalue weighted by atomic mass is 9.74. The molecule has 0 radical (unpaired) electrons. The average Bonchev–Trinajstić information content (AvgIpc) is 3.07. The van der Waals surface area contributed by atoms with E-state index in [1.807, 2.05) is 6.92 Å². The molecular formula is C21H22N2O2. The summed E-state index contributed by atoms with van der Waals surface area (Å²) >= 11 is 0. The molecule has 3 atom stereocenters. The van der Waals surface area contributed by atoms with Crippen LogP contribution in [0.5, 0.6) is 0 Å². The molecule has 1 heterocycles. The summed E-state index contributed by atoms with van der Waals surface area (Å²) in [6, 6.07) is 10.3. The van der Waals surface area contributed by atoms with Gasteiger partial charge >= 0.3 is 0 Å². The Labute approximate surface area is 147 Å². The van der Waals surface area contributed by atoms with Gasteiger partial charge in [-0.3, -0.25) is 10.1 Å². The first kappa shape index (κ1) is 15.9. The standard InChI is InChI=1S/C21H22N2O2/c1-12-7-9-15(10-8-12)20-17-6-4-5-16(17)19-14(3)13(2)11-18(23(24)25)21(19)22-20/h4-5,7-11,16-17,20,22H,6H2,1-3H3/t16-,17+,20?/m1/s1. The van der Waals surface area contributed by atoms with E-state index < -0.39 is 0 Å². The summed E-state index contributed by atoms with van der Waals surface area (Å²) in [7, 11) is 0. The van der Waals surface area contributed by atoms with Gasteiger partial charge in [0.1, 0.15) is 5.69 Å². The van der Waals surface area contributed by atoms with Crippen molar-refractivity contribution in [1.82, 2.24) is 0 Å². The molecule has 4 nitrogen and oxygen atoms in total. The van der Waals surface area contributed by atoms with E-state index in [0.717, 1.165) is 23.1 Å². The number of nitrogens with one attached hydrogen (secondary N) is 1. The molecule has 1 aliphatic carbocycles. The molecule has 1 N–H and O–H groups in total. The molecule has 2 aromatic carbocycles. The summed E-state index contributed by atoms with van der Waals surface area (Å²) in [5.74, 6) is 0.636. The highest BCUT2D eigenvalue weighted by Gasteiger charge is 2.41. The Hall–Kier alpha value is -2.62. The van der Waals surface area contributed by atoms with E-state index >= 15 is 0 Å². The van der Waals surface area contributed by atoms with Gasteiger partial charge in [0.2, 0.25) is 0 Å². The highest BCUT2D eigenvalue weighted by atomic mass is 16.6. The van der Waals surface area contributed by atoms with Gasteiger partial charge in [-0.25, -0.2) is 0 Å². The molecule has 0 saturated heterocycles. The van der Waals surface area contributed by atoms with Crippen LogP contribution in [0.2, 0.25) is 0 Å². The average molecular weight is 334 g/mol. The highest BCUT2D eigenvalue weighted by Crippen LogP contribution is 2.53. The first-order valence-corrected chi connectivity index (χ1v) is 8.75. The van der Waals surface area contributed by atoms with Crippen molar-refractivity contribution in [3.8, 4) is 0 Å². The van der Waals surface area contributed by atoms with Crippen LogP contribution < -0.4 is 5.32 Å². The van der Waals surface area contributed by atoms with E-state index in [2.05, 4.69) is 55.6 Å². The summed E-state index contributed by atoms with van der Waals surface area (Å²) in [5, 5.41) is 15.2. The van der Waals surface area contributed by atoms with Crippen LogP contribution in [-0.4, -0.2) is 4.92 Å². The topological polar surface area (TPSA) is 55.2 Å². The molecule has 4 rings (SSSR count). The van der Waals surface area contributed by atoms with Crippen molar-refractivity contribution in [2.75, 3.05) is 5.32 Å². The zero-order valence-corrected chi connectivity index (χ0v) is 14.7. The molecule has 0 spiro atoms. The van der Waals surface area contributed by atoms with Crippen molar-refractivity contribution in [1.29, 1.82) is 0 Å². The SMILES string of the molecule is Cc1ccc(C2Nc3c([N+](=O)[O-])cc(C)c(C)c3[C@@H]3C=CC[C@H]23)cc1. The number of fused-ring (bicyclic) bond motifs is 3. The van der Waals surface area contributed by atoms with Gasteiger partial charge in [0.15, 0.2) is 0 Å². The Bertz CT molecular complexity index is 884. The summed E-state index contributed by atoms with van der Waals surface area (Å²) in [6.45, 7) is 6.11. The van der Waals surface area contributed by atoms with Crippen molar-refractivity contribution in [3.05, 3.63) is 80.4 Å². The number of nitro benzene ring substituents is 1. The Morgan fingerprint density at radius 1 is 1.16 bits per heavy atom. The van der Waals surface area contributed by atoms with Crippen molar-refractivity contribution in [2.24, 2.45) is 5.92 Å². The van der Waals surface area contributed by atoms with Gasteiger partial charge in [0.25, 0.3) is 5.69 Å². The van der Waals surface area contributed by atoms with Crippen molar-refractivity contribution < 1.29 is 4.92 Å². The molecule has 1 aliphatic heterocycles. The fraction of sp³-hybridized carbons (Fsp3) is 0.333. The normalized spacial score (nSPS) is 23.7. The number of benzene rings is 2. The number of aryl methyl sites for hydroxylation is 2. The van der Waals surface area contributed by atoms with Gasteiger partial charge in [0, 0.05) is 12.0 Å². The Morgan fingerprint density at radius 3 is 2.56 bits per heavy atom.